The van der Waals surface area contributed by atoms with Crippen LogP contribution in [0.25, 0.3) is 11.0 Å². The zero-order chi connectivity index (χ0) is 21.2. The van der Waals surface area contributed by atoms with Gasteiger partial charge in [0.2, 0.25) is 0 Å². The number of rotatable bonds is 6. The second-order valence-electron chi connectivity index (χ2n) is 6.68. The molecule has 0 spiro atoms. The van der Waals surface area contributed by atoms with Gasteiger partial charge in [-0.1, -0.05) is 47.0 Å². The minimum absolute atomic E-state index is 0.660. The van der Waals surface area contributed by atoms with Crippen LogP contribution in [-0.2, 0) is 11.5 Å². The van der Waals surface area contributed by atoms with Crippen molar-refractivity contribution in [1.82, 2.24) is 19.0 Å². The summed E-state index contributed by atoms with van der Waals surface area (Å²) in [7, 11) is 0. The number of aromatic nitrogens is 4. The van der Waals surface area contributed by atoms with Gasteiger partial charge < -0.3 is 8.80 Å². The van der Waals surface area contributed by atoms with Gasteiger partial charge >= 0.3 is 0 Å². The van der Waals surface area contributed by atoms with E-state index in [1.807, 2.05) is 70.0 Å². The third-order valence-corrected chi connectivity index (χ3v) is 8.13. The SMILES string of the molecule is N#Cc1c(CSc2nnc(SCc3cn4ccccc4c3C#N)s2)cn2ccccc12. The lowest BCUT2D eigenvalue weighted by molar-refractivity contribution is 0.954. The summed E-state index contributed by atoms with van der Waals surface area (Å²) >= 11 is 4.70. The van der Waals surface area contributed by atoms with Crippen LogP contribution in [0.4, 0.5) is 0 Å². The van der Waals surface area contributed by atoms with Crippen molar-refractivity contribution in [3.63, 3.8) is 0 Å². The number of pyridine rings is 2. The molecule has 0 radical (unpaired) electrons. The van der Waals surface area contributed by atoms with Gasteiger partial charge in [-0.2, -0.15) is 10.5 Å². The van der Waals surface area contributed by atoms with E-state index in [0.29, 0.717) is 22.6 Å². The van der Waals surface area contributed by atoms with Crippen LogP contribution >= 0.6 is 34.9 Å². The maximum atomic E-state index is 9.55. The number of fused-ring (bicyclic) bond motifs is 2. The van der Waals surface area contributed by atoms with Crippen molar-refractivity contribution in [3.05, 3.63) is 83.4 Å². The first-order valence-electron chi connectivity index (χ1n) is 9.33. The van der Waals surface area contributed by atoms with Gasteiger partial charge in [0.1, 0.15) is 12.1 Å². The fourth-order valence-corrected chi connectivity index (χ4v) is 6.39. The predicted octanol–water partition coefficient (Wildman–Crippen LogP) is 5.37. The molecule has 5 aromatic rings. The molecule has 0 unspecified atom stereocenters. The molecule has 0 atom stereocenters. The summed E-state index contributed by atoms with van der Waals surface area (Å²) in [5.41, 5.74) is 5.23. The van der Waals surface area contributed by atoms with Crippen LogP contribution in [0.3, 0.4) is 0 Å². The Kier molecular flexibility index (Phi) is 5.39. The van der Waals surface area contributed by atoms with Gasteiger partial charge in [0.15, 0.2) is 8.68 Å². The van der Waals surface area contributed by atoms with Crippen molar-refractivity contribution in [2.45, 2.75) is 20.2 Å². The molecule has 0 aromatic carbocycles. The zero-order valence-corrected chi connectivity index (χ0v) is 18.5. The Bertz CT molecular complexity index is 1370. The Morgan fingerprint density at radius 1 is 0.774 bits per heavy atom. The lowest BCUT2D eigenvalue weighted by Gasteiger charge is -1.96. The van der Waals surface area contributed by atoms with Crippen molar-refractivity contribution in [1.29, 1.82) is 10.5 Å². The topological polar surface area (TPSA) is 82.2 Å². The number of hydrogen-bond acceptors (Lipinski definition) is 7. The first-order valence-corrected chi connectivity index (χ1v) is 12.1. The molecule has 0 aliphatic carbocycles. The average molecular weight is 459 g/mol. The third-order valence-electron chi connectivity index (χ3n) is 4.84. The van der Waals surface area contributed by atoms with Gasteiger partial charge in [0.25, 0.3) is 0 Å². The molecule has 0 amide bonds. The summed E-state index contributed by atoms with van der Waals surface area (Å²) in [6.07, 6.45) is 7.90. The Balaban J connectivity index is 1.27. The summed E-state index contributed by atoms with van der Waals surface area (Å²) in [5.74, 6) is 1.32. The summed E-state index contributed by atoms with van der Waals surface area (Å²) in [5, 5.41) is 27.7. The normalized spacial score (nSPS) is 11.0. The van der Waals surface area contributed by atoms with Gasteiger partial charge in [-0.05, 0) is 35.4 Å². The molecule has 9 heteroatoms. The van der Waals surface area contributed by atoms with E-state index in [0.717, 1.165) is 30.8 Å². The number of nitrogens with zero attached hydrogens (tertiary/aromatic N) is 6. The zero-order valence-electron chi connectivity index (χ0n) is 16.1. The number of thioether (sulfide) groups is 2. The molecule has 5 rings (SSSR count). The average Bonchev–Trinajstić information content (AvgIpc) is 3.50. The molecular formula is C22H14N6S3. The molecule has 5 aromatic heterocycles. The van der Waals surface area contributed by atoms with E-state index in [4.69, 9.17) is 0 Å². The van der Waals surface area contributed by atoms with E-state index in [2.05, 4.69) is 22.3 Å². The molecule has 0 aliphatic rings. The Morgan fingerprint density at radius 3 is 1.71 bits per heavy atom. The molecule has 150 valence electrons. The van der Waals surface area contributed by atoms with Crippen LogP contribution in [-0.4, -0.2) is 19.0 Å². The van der Waals surface area contributed by atoms with Crippen LogP contribution in [0.15, 0.2) is 69.9 Å². The minimum Gasteiger partial charge on any atom is -0.322 e. The summed E-state index contributed by atoms with van der Waals surface area (Å²) in [6, 6.07) is 16.3. The smallest absolute Gasteiger partial charge is 0.175 e. The second kappa shape index (κ2) is 8.48. The van der Waals surface area contributed by atoms with Crippen molar-refractivity contribution < 1.29 is 0 Å². The molecule has 0 fully saturated rings. The highest BCUT2D eigenvalue weighted by molar-refractivity contribution is 8.02. The van der Waals surface area contributed by atoms with E-state index in [1.165, 1.54) is 11.3 Å². The Hall–Kier alpha value is -3.24. The maximum Gasteiger partial charge on any atom is 0.175 e. The van der Waals surface area contributed by atoms with Gasteiger partial charge in [-0.3, -0.25) is 0 Å². The largest absolute Gasteiger partial charge is 0.322 e. The lowest BCUT2D eigenvalue weighted by Crippen LogP contribution is -1.82. The Morgan fingerprint density at radius 2 is 1.26 bits per heavy atom. The minimum atomic E-state index is 0.660. The van der Waals surface area contributed by atoms with E-state index < -0.39 is 0 Å². The third kappa shape index (κ3) is 3.79. The molecular weight excluding hydrogens is 444 g/mol. The first kappa shape index (κ1) is 19.7. The van der Waals surface area contributed by atoms with Gasteiger partial charge in [-0.25, -0.2) is 0 Å². The molecule has 6 nitrogen and oxygen atoms in total. The van der Waals surface area contributed by atoms with Gasteiger partial charge in [-0.15, -0.1) is 10.2 Å². The van der Waals surface area contributed by atoms with Crippen LogP contribution in [0.1, 0.15) is 22.3 Å². The highest BCUT2D eigenvalue weighted by Gasteiger charge is 2.14. The first-order chi connectivity index (χ1) is 15.3. The van der Waals surface area contributed by atoms with E-state index in [1.54, 1.807) is 23.5 Å². The fraction of sp³-hybridized carbons (Fsp3) is 0.0909. The van der Waals surface area contributed by atoms with Crippen LogP contribution in [0, 0.1) is 22.7 Å². The standard InChI is InChI=1S/C22H14N6S3/c23-9-17-15(11-27-7-3-1-5-19(17)27)13-29-21-25-26-22(31-21)30-14-16-12-28-8-4-2-6-20(28)18(16)10-24/h1-8,11-12H,13-14H2. The van der Waals surface area contributed by atoms with Gasteiger partial charge in [0.05, 0.1) is 22.2 Å². The fourth-order valence-electron chi connectivity index (χ4n) is 3.42. The maximum absolute atomic E-state index is 9.55. The van der Waals surface area contributed by atoms with Crippen molar-refractivity contribution in [2.24, 2.45) is 0 Å². The molecule has 5 heterocycles. The van der Waals surface area contributed by atoms with E-state index in [-0.39, 0.29) is 0 Å². The van der Waals surface area contributed by atoms with E-state index in [9.17, 15) is 10.5 Å². The van der Waals surface area contributed by atoms with Crippen LogP contribution < -0.4 is 0 Å². The monoisotopic (exact) mass is 458 g/mol. The molecule has 0 N–H and O–H groups in total. The molecule has 31 heavy (non-hydrogen) atoms. The quantitative estimate of drug-likeness (QED) is 0.318. The highest BCUT2D eigenvalue weighted by atomic mass is 32.2. The second-order valence-corrected chi connectivity index (χ2v) is 10.1. The highest BCUT2D eigenvalue weighted by Crippen LogP contribution is 2.34. The van der Waals surface area contributed by atoms with Crippen molar-refractivity contribution >= 4 is 45.9 Å². The summed E-state index contributed by atoms with van der Waals surface area (Å²) in [6.45, 7) is 0. The molecule has 0 aliphatic heterocycles. The summed E-state index contributed by atoms with van der Waals surface area (Å²) in [4.78, 5) is 0. The van der Waals surface area contributed by atoms with Crippen molar-refractivity contribution in [3.8, 4) is 12.1 Å². The Labute approximate surface area is 190 Å². The molecule has 0 saturated heterocycles. The molecule has 0 bridgehead atoms. The summed E-state index contributed by atoms with van der Waals surface area (Å²) < 4.78 is 5.68. The predicted molar refractivity (Wildman–Crippen MR) is 123 cm³/mol. The van der Waals surface area contributed by atoms with E-state index >= 15 is 0 Å². The van der Waals surface area contributed by atoms with Crippen LogP contribution in [0.2, 0.25) is 0 Å². The van der Waals surface area contributed by atoms with Crippen molar-refractivity contribution in [2.75, 3.05) is 0 Å². The molecule has 0 saturated carbocycles. The lowest BCUT2D eigenvalue weighted by atomic mass is 10.2. The number of nitriles is 2. The number of hydrogen-bond donors (Lipinski definition) is 0. The van der Waals surface area contributed by atoms with Gasteiger partial charge in [0, 0.05) is 36.3 Å². The van der Waals surface area contributed by atoms with Crippen LogP contribution in [0.5, 0.6) is 0 Å².